The van der Waals surface area contributed by atoms with Gasteiger partial charge in [0.15, 0.2) is 6.10 Å². The predicted molar refractivity (Wildman–Crippen MR) is 275 cm³/mol. The zero-order valence-electron chi connectivity index (χ0n) is 43.0. The van der Waals surface area contributed by atoms with Crippen molar-refractivity contribution >= 4 is 23.6 Å². The molecule has 0 saturated heterocycles. The summed E-state index contributed by atoms with van der Waals surface area (Å²) in [6.45, 7) is 8.46. The molecule has 0 aliphatic carbocycles. The van der Waals surface area contributed by atoms with E-state index in [0.717, 1.165) is 62.3 Å². The molecule has 0 radical (unpaired) electrons. The van der Waals surface area contributed by atoms with E-state index >= 15 is 0 Å². The summed E-state index contributed by atoms with van der Waals surface area (Å²) >= 11 is 0. The topological polar surface area (TPSA) is 137 Å². The molecule has 0 aliphatic rings. The molecule has 2 aromatic rings. The zero-order chi connectivity index (χ0) is 49.7. The molecule has 9 nitrogen and oxygen atoms in total. The van der Waals surface area contributed by atoms with Crippen molar-refractivity contribution in [2.75, 3.05) is 13.1 Å². The molecule has 2 aromatic carbocycles. The van der Waals surface area contributed by atoms with Crippen LogP contribution in [-0.2, 0) is 32.0 Å². The second-order valence-corrected chi connectivity index (χ2v) is 20.4. The van der Waals surface area contributed by atoms with Gasteiger partial charge in [-0.2, -0.15) is 0 Å². The number of rotatable bonds is 42. The Morgan fingerprint density at radius 1 is 0.544 bits per heavy atom. The fourth-order valence-corrected chi connectivity index (χ4v) is 8.74. The molecule has 0 spiro atoms. The van der Waals surface area contributed by atoms with Crippen LogP contribution in [0.25, 0.3) is 0 Å². The molecule has 0 aromatic heterocycles. The van der Waals surface area contributed by atoms with Gasteiger partial charge in [-0.1, -0.05) is 212 Å². The molecule has 3 unspecified atom stereocenters. The van der Waals surface area contributed by atoms with Crippen molar-refractivity contribution in [1.29, 1.82) is 0 Å². The largest absolute Gasteiger partial charge is 0.381 e. The van der Waals surface area contributed by atoms with Crippen molar-refractivity contribution < 1.29 is 33.1 Å². The maximum Gasteiger partial charge on any atom is 0.251 e. The number of aliphatic hydroxyl groups is 1. The monoisotopic (exact) mass is 953 g/mol. The zero-order valence-corrected chi connectivity index (χ0v) is 43.0. The first-order chi connectivity index (χ1) is 32.8. The maximum absolute atomic E-state index is 14.7. The molecule has 386 valence electrons. The van der Waals surface area contributed by atoms with E-state index in [0.29, 0.717) is 12.8 Å². The molecule has 0 saturated carbocycles. The lowest BCUT2D eigenvalue weighted by atomic mass is 9.92. The van der Waals surface area contributed by atoms with Gasteiger partial charge in [-0.05, 0) is 60.4 Å². The van der Waals surface area contributed by atoms with Crippen molar-refractivity contribution in [2.45, 2.75) is 245 Å². The molecule has 3 atom stereocenters. The average molecular weight is 953 g/mol. The van der Waals surface area contributed by atoms with Gasteiger partial charge >= 0.3 is 0 Å². The average Bonchev–Trinajstić information content (AvgIpc) is 3.31. The van der Waals surface area contributed by atoms with Gasteiger partial charge in [-0.25, -0.2) is 8.78 Å². The summed E-state index contributed by atoms with van der Waals surface area (Å²) in [7, 11) is 0. The van der Waals surface area contributed by atoms with E-state index in [1.165, 1.54) is 122 Å². The summed E-state index contributed by atoms with van der Waals surface area (Å²) in [6, 6.07) is 11.0. The van der Waals surface area contributed by atoms with Gasteiger partial charge in [0.25, 0.3) is 5.91 Å². The van der Waals surface area contributed by atoms with E-state index in [-0.39, 0.29) is 62.1 Å². The summed E-state index contributed by atoms with van der Waals surface area (Å²) in [4.78, 5) is 52.9. The third-order valence-electron chi connectivity index (χ3n) is 13.1. The van der Waals surface area contributed by atoms with Crippen LogP contribution in [0, 0.1) is 17.0 Å². The van der Waals surface area contributed by atoms with Gasteiger partial charge in [0, 0.05) is 38.4 Å². The summed E-state index contributed by atoms with van der Waals surface area (Å²) in [5.74, 6) is -2.65. The van der Waals surface area contributed by atoms with Gasteiger partial charge < -0.3 is 26.4 Å². The Morgan fingerprint density at radius 2 is 0.985 bits per heavy atom. The molecule has 5 N–H and O–H groups in total. The molecular weight excluding hydrogens is 859 g/mol. The van der Waals surface area contributed by atoms with Gasteiger partial charge in [-0.15, -0.1) is 0 Å². The van der Waals surface area contributed by atoms with E-state index in [4.69, 9.17) is 0 Å². The van der Waals surface area contributed by atoms with Gasteiger partial charge in [0.1, 0.15) is 11.6 Å². The molecule has 0 aliphatic heterocycles. The molecule has 0 bridgehead atoms. The van der Waals surface area contributed by atoms with Crippen LogP contribution in [0.3, 0.4) is 0 Å². The minimum Gasteiger partial charge on any atom is -0.381 e. The van der Waals surface area contributed by atoms with Gasteiger partial charge in [0.2, 0.25) is 17.7 Å². The molecule has 4 amide bonds. The van der Waals surface area contributed by atoms with Crippen molar-refractivity contribution in [3.05, 3.63) is 71.3 Å². The lowest BCUT2D eigenvalue weighted by Crippen LogP contribution is -2.53. The maximum atomic E-state index is 14.7. The predicted octanol–water partition coefficient (Wildman–Crippen LogP) is 12.7. The highest BCUT2D eigenvalue weighted by atomic mass is 19.1. The van der Waals surface area contributed by atoms with Crippen molar-refractivity contribution in [3.63, 3.8) is 0 Å². The number of hydrogen-bond donors (Lipinski definition) is 5. The smallest absolute Gasteiger partial charge is 0.251 e. The van der Waals surface area contributed by atoms with E-state index in [2.05, 4.69) is 35.1 Å². The van der Waals surface area contributed by atoms with E-state index in [1.54, 1.807) is 0 Å². The molecule has 68 heavy (non-hydrogen) atoms. The van der Waals surface area contributed by atoms with Crippen LogP contribution in [0.4, 0.5) is 8.78 Å². The van der Waals surface area contributed by atoms with Crippen LogP contribution in [0.5, 0.6) is 0 Å². The first-order valence-corrected chi connectivity index (χ1v) is 27.1. The number of aliphatic hydroxyl groups excluding tert-OH is 1. The quantitative estimate of drug-likeness (QED) is 0.0422. The minimum atomic E-state index is -1.51. The number of carbonyl (C=O) groups is 4. The second kappa shape index (κ2) is 38.0. The number of amides is 4. The molecule has 0 fully saturated rings. The Labute approximate surface area is 411 Å². The summed E-state index contributed by atoms with van der Waals surface area (Å²) in [6.07, 6.45) is 30.4. The Balaban J connectivity index is 1.82. The van der Waals surface area contributed by atoms with Crippen LogP contribution in [0.1, 0.15) is 225 Å². The fraction of sp³-hybridized carbons (Fsp3) is 0.719. The number of halogens is 2. The third-order valence-corrected chi connectivity index (χ3v) is 13.1. The highest BCUT2D eigenvalue weighted by Gasteiger charge is 2.30. The summed E-state index contributed by atoms with van der Waals surface area (Å²) < 4.78 is 28.8. The Hall–Kier alpha value is -3.86. The summed E-state index contributed by atoms with van der Waals surface area (Å²) in [5.41, 5.74) is 0.300. The van der Waals surface area contributed by atoms with Crippen molar-refractivity contribution in [2.24, 2.45) is 5.41 Å². The lowest BCUT2D eigenvalue weighted by molar-refractivity contribution is -0.132. The van der Waals surface area contributed by atoms with E-state index in [1.807, 2.05) is 44.2 Å². The van der Waals surface area contributed by atoms with Gasteiger partial charge in [0.05, 0.1) is 6.04 Å². The Kier molecular flexibility index (Phi) is 33.6. The highest BCUT2D eigenvalue weighted by molar-refractivity contribution is 5.83. The SMILES string of the molecule is CCCCCCCCCCCCCCCC(=O)NC(CC(=O)NCC(C)(C)CNC(=O)C(O)C(Cc1ccccc1)NC(=O)CCCCCCCCCCCCCCC)Cc1cc(F)ccc1F. The standard InChI is InChI=1S/C57H94F2N4O5/c1-5-7-9-11-13-15-17-19-21-23-25-27-32-36-52(64)62-49(42-47-41-48(58)38-39-50(47)59)43-54(66)60-44-57(3,4)45-61-56(68)55(67)51(40-46-34-30-29-31-35-46)63-53(65)37-33-28-26-24-22-20-18-16-14-12-10-8-6-2/h29-31,34-35,38-39,41,49,51,55,67H,5-28,32-33,36-37,40,42-45H2,1-4H3,(H,60,66)(H,61,68)(H,62,64)(H,63,65). The van der Waals surface area contributed by atoms with E-state index < -0.39 is 41.1 Å². The van der Waals surface area contributed by atoms with Crippen molar-refractivity contribution in [3.8, 4) is 0 Å². The normalized spacial score (nSPS) is 12.9. The van der Waals surface area contributed by atoms with Crippen LogP contribution < -0.4 is 21.3 Å². The fourth-order valence-electron chi connectivity index (χ4n) is 8.74. The first-order valence-electron chi connectivity index (χ1n) is 27.1. The second-order valence-electron chi connectivity index (χ2n) is 20.4. The minimum absolute atomic E-state index is 0.0568. The molecule has 11 heteroatoms. The number of unbranched alkanes of at least 4 members (excludes halogenated alkanes) is 24. The van der Waals surface area contributed by atoms with Gasteiger partial charge in [-0.3, -0.25) is 19.2 Å². The highest BCUT2D eigenvalue weighted by Crippen LogP contribution is 2.18. The first kappa shape index (κ1) is 60.3. The molecule has 2 rings (SSSR count). The number of carbonyl (C=O) groups excluding carboxylic acids is 4. The lowest BCUT2D eigenvalue weighted by Gasteiger charge is -2.28. The Bertz CT molecular complexity index is 1640. The third kappa shape index (κ3) is 30.6. The number of benzene rings is 2. The number of nitrogens with one attached hydrogen (secondary N) is 4. The van der Waals surface area contributed by atoms with Crippen LogP contribution in [0.15, 0.2) is 48.5 Å². The van der Waals surface area contributed by atoms with Crippen LogP contribution in [0.2, 0.25) is 0 Å². The number of hydrogen-bond acceptors (Lipinski definition) is 5. The summed E-state index contributed by atoms with van der Waals surface area (Å²) in [5, 5.41) is 22.8. The molecule has 0 heterocycles. The van der Waals surface area contributed by atoms with Crippen LogP contribution in [-0.4, -0.2) is 60.0 Å². The Morgan fingerprint density at radius 3 is 1.47 bits per heavy atom. The molecular formula is C57H94F2N4O5. The van der Waals surface area contributed by atoms with Crippen LogP contribution >= 0.6 is 0 Å². The van der Waals surface area contributed by atoms with Crippen molar-refractivity contribution in [1.82, 2.24) is 21.3 Å². The van der Waals surface area contributed by atoms with E-state index in [9.17, 15) is 33.1 Å².